The number of hydrogen-bond donors (Lipinski definition) is 0. The van der Waals surface area contributed by atoms with Gasteiger partial charge in [0.1, 0.15) is 0 Å². The van der Waals surface area contributed by atoms with Gasteiger partial charge in [0.15, 0.2) is 0 Å². The van der Waals surface area contributed by atoms with Crippen molar-refractivity contribution in [1.82, 2.24) is 0 Å². The molecular formula is C18H16O4. The monoisotopic (exact) mass is 296 g/mol. The van der Waals surface area contributed by atoms with E-state index in [1.54, 1.807) is 30.3 Å². The molecule has 0 aliphatic carbocycles. The van der Waals surface area contributed by atoms with Gasteiger partial charge in [0, 0.05) is 0 Å². The standard InChI is InChI=1S/C18H16O4/c1-21-17(19)15-8-5-6-13(12-15)10-11-14-7-3-4-9-16(14)18(20)22-2/h3-12H,1-2H3/b11-10-. The molecule has 0 spiro atoms. The van der Waals surface area contributed by atoms with Gasteiger partial charge in [0.25, 0.3) is 0 Å². The number of rotatable bonds is 4. The van der Waals surface area contributed by atoms with Crippen LogP contribution in [0, 0.1) is 0 Å². The zero-order valence-corrected chi connectivity index (χ0v) is 12.4. The molecule has 0 aliphatic rings. The van der Waals surface area contributed by atoms with Crippen LogP contribution in [-0.2, 0) is 9.47 Å². The summed E-state index contributed by atoms with van der Waals surface area (Å²) in [6, 6.07) is 14.2. The minimum atomic E-state index is -0.386. The largest absolute Gasteiger partial charge is 0.465 e. The van der Waals surface area contributed by atoms with Crippen molar-refractivity contribution in [3.63, 3.8) is 0 Å². The van der Waals surface area contributed by atoms with Gasteiger partial charge in [-0.2, -0.15) is 0 Å². The van der Waals surface area contributed by atoms with Crippen molar-refractivity contribution >= 4 is 24.1 Å². The first kappa shape index (κ1) is 15.5. The maximum Gasteiger partial charge on any atom is 0.338 e. The Morgan fingerprint density at radius 2 is 1.59 bits per heavy atom. The highest BCUT2D eigenvalue weighted by Crippen LogP contribution is 2.15. The molecule has 112 valence electrons. The molecule has 0 N–H and O–H groups in total. The molecule has 0 saturated carbocycles. The van der Waals surface area contributed by atoms with E-state index in [-0.39, 0.29) is 11.9 Å². The third-order valence-corrected chi connectivity index (χ3v) is 3.13. The number of esters is 2. The topological polar surface area (TPSA) is 52.6 Å². The fourth-order valence-corrected chi connectivity index (χ4v) is 2.01. The van der Waals surface area contributed by atoms with Crippen LogP contribution < -0.4 is 0 Å². The Bertz CT molecular complexity index is 717. The second kappa shape index (κ2) is 7.22. The van der Waals surface area contributed by atoms with E-state index in [0.717, 1.165) is 11.1 Å². The summed E-state index contributed by atoms with van der Waals surface area (Å²) in [5.41, 5.74) is 2.55. The van der Waals surface area contributed by atoms with Gasteiger partial charge in [0.2, 0.25) is 0 Å². The highest BCUT2D eigenvalue weighted by atomic mass is 16.5. The fraction of sp³-hybridized carbons (Fsp3) is 0.111. The summed E-state index contributed by atoms with van der Waals surface area (Å²) in [6.07, 6.45) is 3.64. The first-order valence-corrected chi connectivity index (χ1v) is 6.69. The van der Waals surface area contributed by atoms with Crippen molar-refractivity contribution < 1.29 is 19.1 Å². The number of carbonyl (C=O) groups is 2. The summed E-state index contributed by atoms with van der Waals surface area (Å²) < 4.78 is 9.46. The average Bonchev–Trinajstić information content (AvgIpc) is 2.59. The van der Waals surface area contributed by atoms with Crippen molar-refractivity contribution in [2.45, 2.75) is 0 Å². The lowest BCUT2D eigenvalue weighted by Crippen LogP contribution is -2.03. The quantitative estimate of drug-likeness (QED) is 0.640. The summed E-state index contributed by atoms with van der Waals surface area (Å²) in [6.45, 7) is 0. The smallest absolute Gasteiger partial charge is 0.338 e. The minimum absolute atomic E-state index is 0.384. The van der Waals surface area contributed by atoms with Gasteiger partial charge in [0.05, 0.1) is 25.3 Å². The first-order chi connectivity index (χ1) is 10.7. The van der Waals surface area contributed by atoms with Gasteiger partial charge in [-0.25, -0.2) is 9.59 Å². The molecule has 0 atom stereocenters. The Morgan fingerprint density at radius 1 is 0.864 bits per heavy atom. The van der Waals surface area contributed by atoms with Crippen molar-refractivity contribution in [2.24, 2.45) is 0 Å². The summed E-state index contributed by atoms with van der Waals surface area (Å²) in [7, 11) is 2.69. The molecule has 2 aromatic carbocycles. The van der Waals surface area contributed by atoms with Crippen LogP contribution >= 0.6 is 0 Å². The van der Waals surface area contributed by atoms with Crippen molar-refractivity contribution in [1.29, 1.82) is 0 Å². The predicted molar refractivity (Wildman–Crippen MR) is 84.5 cm³/mol. The van der Waals surface area contributed by atoms with Gasteiger partial charge in [-0.1, -0.05) is 42.5 Å². The van der Waals surface area contributed by atoms with Crippen molar-refractivity contribution in [3.8, 4) is 0 Å². The van der Waals surface area contributed by atoms with E-state index in [9.17, 15) is 9.59 Å². The molecule has 0 saturated heterocycles. The van der Waals surface area contributed by atoms with Crippen molar-refractivity contribution in [3.05, 3.63) is 70.8 Å². The molecule has 2 aromatic rings. The molecule has 0 aromatic heterocycles. The first-order valence-electron chi connectivity index (χ1n) is 6.69. The van der Waals surface area contributed by atoms with Crippen molar-refractivity contribution in [2.75, 3.05) is 14.2 Å². The lowest BCUT2D eigenvalue weighted by Gasteiger charge is -2.04. The molecule has 0 bridgehead atoms. The molecule has 4 heteroatoms. The number of methoxy groups -OCH3 is 2. The molecule has 0 amide bonds. The van der Waals surface area contributed by atoms with E-state index < -0.39 is 0 Å². The average molecular weight is 296 g/mol. The van der Waals surface area contributed by atoms with Crippen LogP contribution in [0.5, 0.6) is 0 Å². The number of hydrogen-bond acceptors (Lipinski definition) is 4. The molecule has 0 aliphatic heterocycles. The lowest BCUT2D eigenvalue weighted by molar-refractivity contribution is 0.0591. The lowest BCUT2D eigenvalue weighted by atomic mass is 10.0. The molecule has 2 rings (SSSR count). The second-order valence-electron chi connectivity index (χ2n) is 4.53. The summed E-state index contributed by atoms with van der Waals surface area (Å²) in [5, 5.41) is 0. The van der Waals surface area contributed by atoms with Gasteiger partial charge in [-0.15, -0.1) is 0 Å². The van der Waals surface area contributed by atoms with Gasteiger partial charge >= 0.3 is 11.9 Å². The van der Waals surface area contributed by atoms with Crippen LogP contribution in [-0.4, -0.2) is 26.2 Å². The van der Waals surface area contributed by atoms with Crippen LogP contribution in [0.25, 0.3) is 12.2 Å². The molecule has 22 heavy (non-hydrogen) atoms. The van der Waals surface area contributed by atoms with E-state index >= 15 is 0 Å². The normalized spacial score (nSPS) is 10.5. The van der Waals surface area contributed by atoms with E-state index in [0.29, 0.717) is 11.1 Å². The van der Waals surface area contributed by atoms with Crippen LogP contribution in [0.15, 0.2) is 48.5 Å². The van der Waals surface area contributed by atoms with E-state index in [4.69, 9.17) is 9.47 Å². The highest BCUT2D eigenvalue weighted by Gasteiger charge is 2.08. The molecule has 0 heterocycles. The van der Waals surface area contributed by atoms with Crippen LogP contribution in [0.1, 0.15) is 31.8 Å². The van der Waals surface area contributed by atoms with Gasteiger partial charge < -0.3 is 9.47 Å². The van der Waals surface area contributed by atoms with Gasteiger partial charge in [-0.3, -0.25) is 0 Å². The third-order valence-electron chi connectivity index (χ3n) is 3.13. The Hall–Kier alpha value is -2.88. The molecule has 4 nitrogen and oxygen atoms in total. The molecular weight excluding hydrogens is 280 g/mol. The number of benzene rings is 2. The third kappa shape index (κ3) is 3.61. The van der Waals surface area contributed by atoms with E-state index in [2.05, 4.69) is 0 Å². The Morgan fingerprint density at radius 3 is 2.32 bits per heavy atom. The van der Waals surface area contributed by atoms with E-state index in [1.807, 2.05) is 30.4 Å². The molecule has 0 fully saturated rings. The Balaban J connectivity index is 2.30. The molecule has 0 radical (unpaired) electrons. The Labute approximate surface area is 129 Å². The SMILES string of the molecule is COC(=O)c1cccc(/C=C\c2ccccc2C(=O)OC)c1. The minimum Gasteiger partial charge on any atom is -0.465 e. The number of ether oxygens (including phenoxy) is 2. The summed E-state index contributed by atoms with van der Waals surface area (Å²) in [5.74, 6) is -0.770. The summed E-state index contributed by atoms with van der Waals surface area (Å²) >= 11 is 0. The van der Waals surface area contributed by atoms with Crippen LogP contribution in [0.2, 0.25) is 0 Å². The maximum atomic E-state index is 11.7. The highest BCUT2D eigenvalue weighted by molar-refractivity contribution is 5.95. The zero-order chi connectivity index (χ0) is 15.9. The predicted octanol–water partition coefficient (Wildman–Crippen LogP) is 3.43. The molecule has 0 unspecified atom stereocenters. The van der Waals surface area contributed by atoms with Crippen LogP contribution in [0.4, 0.5) is 0 Å². The van der Waals surface area contributed by atoms with Crippen LogP contribution in [0.3, 0.4) is 0 Å². The number of carbonyl (C=O) groups excluding carboxylic acids is 2. The maximum absolute atomic E-state index is 11.7. The second-order valence-corrected chi connectivity index (χ2v) is 4.53. The fourth-order valence-electron chi connectivity index (χ4n) is 2.01. The Kier molecular flexibility index (Phi) is 5.09. The van der Waals surface area contributed by atoms with E-state index in [1.165, 1.54) is 14.2 Å². The summed E-state index contributed by atoms with van der Waals surface area (Å²) in [4.78, 5) is 23.2. The van der Waals surface area contributed by atoms with Gasteiger partial charge in [-0.05, 0) is 29.3 Å². The zero-order valence-electron chi connectivity index (χ0n) is 12.4.